The lowest BCUT2D eigenvalue weighted by Crippen LogP contribution is -2.55. The van der Waals surface area contributed by atoms with Crippen LogP contribution in [0.25, 0.3) is 0 Å². The number of aliphatic hydroxyl groups is 1. The predicted molar refractivity (Wildman–Crippen MR) is 156 cm³/mol. The van der Waals surface area contributed by atoms with E-state index in [1.807, 2.05) is 6.92 Å². The Bertz CT molecular complexity index is 895. The molecule has 0 aromatic heterocycles. The van der Waals surface area contributed by atoms with E-state index in [9.17, 15) is 14.7 Å². The van der Waals surface area contributed by atoms with Crippen LogP contribution in [0.3, 0.4) is 0 Å². The third kappa shape index (κ3) is 5.89. The average molecular weight is 550 g/mol. The summed E-state index contributed by atoms with van der Waals surface area (Å²) in [5.41, 5.74) is 0.604. The van der Waals surface area contributed by atoms with Crippen LogP contribution in [0.4, 0.5) is 4.79 Å². The van der Waals surface area contributed by atoms with E-state index >= 15 is 0 Å². The quantitative estimate of drug-likeness (QED) is 0.184. The van der Waals surface area contributed by atoms with E-state index in [0.29, 0.717) is 61.8 Å². The van der Waals surface area contributed by atoms with Crippen LogP contribution in [0.15, 0.2) is 11.8 Å². The van der Waals surface area contributed by atoms with Crippen LogP contribution in [0.5, 0.6) is 0 Å². The van der Waals surface area contributed by atoms with E-state index in [-0.39, 0.29) is 33.7 Å². The van der Waals surface area contributed by atoms with E-state index in [1.54, 1.807) is 0 Å². The van der Waals surface area contributed by atoms with Gasteiger partial charge in [-0.15, -0.1) is 0 Å². The fraction of sp³-hybridized carbons (Fsp3) is 0.871. The van der Waals surface area contributed by atoms with Crippen molar-refractivity contribution in [1.82, 2.24) is 5.32 Å². The lowest BCUT2D eigenvalue weighted by atomic mass is 9.48. The fourth-order valence-electron chi connectivity index (χ4n) is 8.12. The largest absolute Gasteiger partial charge is 0.515 e. The molecule has 7 atom stereocenters. The summed E-state index contributed by atoms with van der Waals surface area (Å²) in [7, 11) is -2.00. The zero-order valence-corrected chi connectivity index (χ0v) is 26.6. The number of carbonyl (C=O) groups is 2. The van der Waals surface area contributed by atoms with Gasteiger partial charge in [0.25, 0.3) is 0 Å². The van der Waals surface area contributed by atoms with Gasteiger partial charge in [0.1, 0.15) is 0 Å². The second kappa shape index (κ2) is 11.6. The number of carbonyl (C=O) groups excluding carboxylic acids is 2. The second-order valence-corrected chi connectivity index (χ2v) is 19.2. The number of amides is 1. The van der Waals surface area contributed by atoms with Gasteiger partial charge in [-0.1, -0.05) is 48.0 Å². The normalized spacial score (nSPS) is 37.2. The summed E-state index contributed by atoms with van der Waals surface area (Å²) in [5.74, 6) is 1.96. The van der Waals surface area contributed by atoms with Gasteiger partial charge in [-0.2, -0.15) is 0 Å². The number of aliphatic hydroxyl groups excluding tert-OH is 1. The van der Waals surface area contributed by atoms with Gasteiger partial charge in [0.15, 0.2) is 14.1 Å². The molecule has 0 aromatic rings. The summed E-state index contributed by atoms with van der Waals surface area (Å²) in [5, 5.41) is 13.2. The summed E-state index contributed by atoms with van der Waals surface area (Å²) in [4.78, 5) is 25.5. The first-order chi connectivity index (χ1) is 17.6. The number of ketones is 1. The van der Waals surface area contributed by atoms with Crippen LogP contribution in [-0.2, 0) is 14.0 Å². The maximum absolute atomic E-state index is 13.1. The smallest absolute Gasteiger partial charge is 0.407 e. The molecule has 218 valence electrons. The highest BCUT2D eigenvalue weighted by Crippen LogP contribution is 2.64. The highest BCUT2D eigenvalue weighted by Gasteiger charge is 2.59. The maximum atomic E-state index is 13.1. The molecule has 0 spiro atoms. The number of nitrogens with one attached hydrogen (secondary N) is 1. The molecule has 2 N–H and O–H groups in total. The summed E-state index contributed by atoms with van der Waals surface area (Å²) in [6, 6.07) is 0. The molecule has 3 aliphatic rings. The van der Waals surface area contributed by atoms with E-state index in [4.69, 9.17) is 9.16 Å². The average Bonchev–Trinajstić information content (AvgIpc) is 3.18. The minimum Gasteiger partial charge on any atom is -0.515 e. The molecule has 3 fully saturated rings. The Morgan fingerprint density at radius 1 is 1.11 bits per heavy atom. The molecule has 1 amide bonds. The van der Waals surface area contributed by atoms with Crippen molar-refractivity contribution in [3.63, 3.8) is 0 Å². The number of Topliss-reactive ketones (excluding diaryl/α,β-unsaturated/α-hetero) is 1. The summed E-state index contributed by atoms with van der Waals surface area (Å²) >= 11 is 0. The Labute approximate surface area is 232 Å². The Morgan fingerprint density at radius 2 is 1.76 bits per heavy atom. The fourth-order valence-corrected chi connectivity index (χ4v) is 9.17. The Balaban J connectivity index is 1.98. The van der Waals surface area contributed by atoms with Gasteiger partial charge in [-0.25, -0.2) is 4.79 Å². The molecule has 0 aromatic carbocycles. The molecule has 0 heterocycles. The first-order valence-electron chi connectivity index (χ1n) is 15.1. The van der Waals surface area contributed by atoms with Crippen molar-refractivity contribution in [3.8, 4) is 0 Å². The van der Waals surface area contributed by atoms with Gasteiger partial charge in [0.05, 0.1) is 12.9 Å². The van der Waals surface area contributed by atoms with Crippen LogP contribution >= 0.6 is 0 Å². The van der Waals surface area contributed by atoms with Crippen LogP contribution in [-0.4, -0.2) is 45.1 Å². The highest BCUT2D eigenvalue weighted by atomic mass is 28.4. The number of ether oxygens (including phenoxy) is 1. The lowest BCUT2D eigenvalue weighted by Gasteiger charge is -2.57. The van der Waals surface area contributed by atoms with Gasteiger partial charge >= 0.3 is 6.09 Å². The molecule has 0 radical (unpaired) electrons. The third-order valence-corrected chi connectivity index (χ3v) is 16.1. The molecule has 0 unspecified atom stereocenters. The molecule has 0 saturated heterocycles. The number of alkyl carbamates (subject to hydrolysis) is 1. The Kier molecular flexibility index (Phi) is 9.55. The van der Waals surface area contributed by atoms with E-state index in [1.165, 1.54) is 25.7 Å². The molecular weight excluding hydrogens is 494 g/mol. The van der Waals surface area contributed by atoms with Crippen molar-refractivity contribution in [2.45, 2.75) is 112 Å². The third-order valence-electron chi connectivity index (χ3n) is 11.6. The Morgan fingerprint density at radius 3 is 2.34 bits per heavy atom. The summed E-state index contributed by atoms with van der Waals surface area (Å²) in [6.45, 7) is 21.8. The highest BCUT2D eigenvalue weighted by molar-refractivity contribution is 6.74. The molecular formula is C31H55NO5Si. The van der Waals surface area contributed by atoms with Crippen molar-refractivity contribution < 1.29 is 23.9 Å². The Hall–Kier alpha value is -1.34. The van der Waals surface area contributed by atoms with Crippen molar-refractivity contribution in [3.05, 3.63) is 11.8 Å². The summed E-state index contributed by atoms with van der Waals surface area (Å²) < 4.78 is 12.0. The molecule has 7 heteroatoms. The predicted octanol–water partition coefficient (Wildman–Crippen LogP) is 7.65. The van der Waals surface area contributed by atoms with Crippen molar-refractivity contribution in [2.75, 3.05) is 19.8 Å². The zero-order chi connectivity index (χ0) is 28.5. The number of hydrogen-bond acceptors (Lipinski definition) is 5. The number of allylic oxidation sites excluding steroid dienone is 1. The van der Waals surface area contributed by atoms with Gasteiger partial charge in [-0.3, -0.25) is 4.79 Å². The van der Waals surface area contributed by atoms with Crippen LogP contribution < -0.4 is 5.32 Å². The monoisotopic (exact) mass is 549 g/mol. The maximum Gasteiger partial charge on any atom is 0.407 e. The number of rotatable bonds is 8. The summed E-state index contributed by atoms with van der Waals surface area (Å²) in [6.07, 6.45) is 7.54. The first-order valence-corrected chi connectivity index (χ1v) is 18.0. The molecule has 0 bridgehead atoms. The second-order valence-electron chi connectivity index (χ2n) is 14.4. The first kappa shape index (κ1) is 31.2. The topological polar surface area (TPSA) is 84.9 Å². The molecule has 3 aliphatic carbocycles. The van der Waals surface area contributed by atoms with Crippen LogP contribution in [0, 0.1) is 40.4 Å². The SMILES string of the molecule is CCOC(=O)NC[C@@H]1[C@@H]([C@@]2(C)C/C(=C\O)C(=O)C[C@@H]2CO[Si](C)(C)C(C)(C)C)CC[C@]2(C)[C@@H](CC)CC[C@@H]12. The van der Waals surface area contributed by atoms with Gasteiger partial charge in [-0.05, 0) is 97.6 Å². The van der Waals surface area contributed by atoms with Gasteiger partial charge in [0, 0.05) is 25.1 Å². The van der Waals surface area contributed by atoms with E-state index in [0.717, 1.165) is 12.7 Å². The zero-order valence-electron chi connectivity index (χ0n) is 25.6. The lowest BCUT2D eigenvalue weighted by molar-refractivity contribution is -0.126. The molecule has 6 nitrogen and oxygen atoms in total. The minimum absolute atomic E-state index is 0.0440. The van der Waals surface area contributed by atoms with E-state index in [2.05, 4.69) is 60.0 Å². The van der Waals surface area contributed by atoms with Gasteiger partial charge in [0.2, 0.25) is 0 Å². The number of fused-ring (bicyclic) bond motifs is 1. The molecule has 3 saturated carbocycles. The standard InChI is InChI=1S/C31H55NO5Si/c1-10-22-12-13-25-24(18-32-28(35)36-11-2)26(14-15-30(22,25)6)31(7)17-21(19-33)27(34)16-23(31)20-37-38(8,9)29(3,4)5/h19,22-26,33H,10-18,20H2,1-9H3,(H,32,35)/b21-19+/t22-,23+,24-,25-,26-,30+,31-/m0/s1. The van der Waals surface area contributed by atoms with Crippen molar-refractivity contribution in [1.29, 1.82) is 0 Å². The van der Waals surface area contributed by atoms with E-state index < -0.39 is 8.32 Å². The number of hydrogen-bond donors (Lipinski definition) is 2. The minimum atomic E-state index is -2.00. The van der Waals surface area contributed by atoms with Crippen LogP contribution in [0.1, 0.15) is 93.4 Å². The van der Waals surface area contributed by atoms with Gasteiger partial charge < -0.3 is 19.6 Å². The molecule has 0 aliphatic heterocycles. The van der Waals surface area contributed by atoms with Crippen LogP contribution in [0.2, 0.25) is 18.1 Å². The molecule has 3 rings (SSSR count). The van der Waals surface area contributed by atoms with Crippen molar-refractivity contribution >= 4 is 20.2 Å². The van der Waals surface area contributed by atoms with Crippen molar-refractivity contribution in [2.24, 2.45) is 40.4 Å². The molecule has 38 heavy (non-hydrogen) atoms.